The Morgan fingerprint density at radius 1 is 1.42 bits per heavy atom. The van der Waals surface area contributed by atoms with Crippen molar-refractivity contribution in [3.63, 3.8) is 0 Å². The van der Waals surface area contributed by atoms with E-state index in [2.05, 4.69) is 13.5 Å². The van der Waals surface area contributed by atoms with Gasteiger partial charge in [0.05, 0.1) is 6.61 Å². The monoisotopic (exact) mass is 281 g/mol. The summed E-state index contributed by atoms with van der Waals surface area (Å²) in [6.45, 7) is 8.46. The molecule has 1 atom stereocenters. The molecule has 0 aliphatic heterocycles. The first-order valence-electron chi connectivity index (χ1n) is 6.26. The van der Waals surface area contributed by atoms with Gasteiger partial charge in [0.2, 0.25) is 0 Å². The van der Waals surface area contributed by atoms with Gasteiger partial charge in [0, 0.05) is 23.2 Å². The number of hydrogen-bond acceptors (Lipinski definition) is 3. The number of likely N-dealkylation sites (N-methyl/N-ethyl adjacent to an activating group) is 1. The smallest absolute Gasteiger partial charge is 0.334 e. The number of carbonyl (C=O) groups excluding carboxylic acids is 1. The third-order valence-corrected chi connectivity index (χ3v) is 3.27. The lowest BCUT2D eigenvalue weighted by Gasteiger charge is -2.25. The summed E-state index contributed by atoms with van der Waals surface area (Å²) in [4.78, 5) is 13.6. The molecular formula is C15H20ClNO2. The molecule has 0 saturated heterocycles. The van der Waals surface area contributed by atoms with Crippen molar-refractivity contribution in [1.29, 1.82) is 0 Å². The second-order valence-corrected chi connectivity index (χ2v) is 4.90. The van der Waals surface area contributed by atoms with Gasteiger partial charge in [-0.1, -0.05) is 30.3 Å². The molecule has 1 rings (SSSR count). The van der Waals surface area contributed by atoms with Crippen LogP contribution < -0.4 is 0 Å². The van der Waals surface area contributed by atoms with Crippen molar-refractivity contribution < 1.29 is 9.53 Å². The van der Waals surface area contributed by atoms with E-state index in [4.69, 9.17) is 16.3 Å². The van der Waals surface area contributed by atoms with E-state index >= 15 is 0 Å². The average molecular weight is 282 g/mol. The minimum atomic E-state index is -0.336. The van der Waals surface area contributed by atoms with Crippen LogP contribution in [0.15, 0.2) is 36.4 Å². The highest BCUT2D eigenvalue weighted by Gasteiger charge is 2.16. The van der Waals surface area contributed by atoms with Crippen molar-refractivity contribution >= 4 is 17.6 Å². The van der Waals surface area contributed by atoms with Gasteiger partial charge in [0.25, 0.3) is 0 Å². The van der Waals surface area contributed by atoms with Crippen molar-refractivity contribution in [3.05, 3.63) is 47.0 Å². The maximum absolute atomic E-state index is 11.5. The summed E-state index contributed by atoms with van der Waals surface area (Å²) in [7, 11) is 1.95. The van der Waals surface area contributed by atoms with Crippen molar-refractivity contribution in [3.8, 4) is 0 Å². The van der Waals surface area contributed by atoms with E-state index in [1.54, 1.807) is 6.92 Å². The van der Waals surface area contributed by atoms with E-state index in [9.17, 15) is 4.79 Å². The fourth-order valence-electron chi connectivity index (χ4n) is 1.73. The van der Waals surface area contributed by atoms with Crippen LogP contribution in [0.4, 0.5) is 0 Å². The van der Waals surface area contributed by atoms with E-state index in [0.717, 1.165) is 10.6 Å². The molecule has 19 heavy (non-hydrogen) atoms. The summed E-state index contributed by atoms with van der Waals surface area (Å²) >= 11 is 5.87. The highest BCUT2D eigenvalue weighted by atomic mass is 35.5. The quantitative estimate of drug-likeness (QED) is 0.591. The molecule has 0 heterocycles. The van der Waals surface area contributed by atoms with Crippen molar-refractivity contribution in [1.82, 2.24) is 4.90 Å². The number of nitrogens with zero attached hydrogens (tertiary/aromatic N) is 1. The van der Waals surface area contributed by atoms with Crippen LogP contribution >= 0.6 is 11.6 Å². The number of hydrogen-bond donors (Lipinski definition) is 0. The molecule has 0 saturated carbocycles. The maximum Gasteiger partial charge on any atom is 0.334 e. The minimum absolute atomic E-state index is 0.170. The van der Waals surface area contributed by atoms with E-state index in [-0.39, 0.29) is 12.0 Å². The fraction of sp³-hybridized carbons (Fsp3) is 0.400. The number of ether oxygens (including phenoxy) is 1. The van der Waals surface area contributed by atoms with Crippen LogP contribution in [-0.4, -0.2) is 31.1 Å². The Morgan fingerprint density at radius 3 is 2.53 bits per heavy atom. The zero-order valence-electron chi connectivity index (χ0n) is 11.6. The van der Waals surface area contributed by atoms with Crippen LogP contribution in [-0.2, 0) is 9.53 Å². The first-order valence-corrected chi connectivity index (χ1v) is 6.64. The van der Waals surface area contributed by atoms with Crippen LogP contribution in [0.5, 0.6) is 0 Å². The molecule has 1 aromatic carbocycles. The predicted molar refractivity (Wildman–Crippen MR) is 78.3 cm³/mol. The second-order valence-electron chi connectivity index (χ2n) is 4.47. The number of rotatable bonds is 6. The maximum atomic E-state index is 11.5. The summed E-state index contributed by atoms with van der Waals surface area (Å²) in [5, 5.41) is 0.717. The Balaban J connectivity index is 2.62. The van der Waals surface area contributed by atoms with Crippen molar-refractivity contribution in [2.45, 2.75) is 19.9 Å². The van der Waals surface area contributed by atoms with Crippen LogP contribution in [0.25, 0.3) is 0 Å². The van der Waals surface area contributed by atoms with Gasteiger partial charge in [-0.05, 0) is 38.6 Å². The summed E-state index contributed by atoms with van der Waals surface area (Å²) in [6, 6.07) is 7.86. The SMILES string of the molecule is C=C(CN(C)C(C)c1ccc(Cl)cc1)C(=O)OCC. The van der Waals surface area contributed by atoms with E-state index < -0.39 is 0 Å². The van der Waals surface area contributed by atoms with Gasteiger partial charge in [0.15, 0.2) is 0 Å². The first kappa shape index (κ1) is 15.7. The number of carbonyl (C=O) groups is 1. The zero-order valence-corrected chi connectivity index (χ0v) is 12.4. The van der Waals surface area contributed by atoms with Gasteiger partial charge in [0.1, 0.15) is 0 Å². The largest absolute Gasteiger partial charge is 0.463 e. The topological polar surface area (TPSA) is 29.5 Å². The second kappa shape index (κ2) is 7.31. The van der Waals surface area contributed by atoms with Gasteiger partial charge < -0.3 is 4.74 Å². The molecule has 0 fully saturated rings. The Bertz CT molecular complexity index is 442. The minimum Gasteiger partial charge on any atom is -0.463 e. The molecule has 0 aliphatic carbocycles. The molecule has 104 valence electrons. The highest BCUT2D eigenvalue weighted by molar-refractivity contribution is 6.30. The normalized spacial score (nSPS) is 12.3. The molecule has 0 aliphatic rings. The first-order chi connectivity index (χ1) is 8.95. The lowest BCUT2D eigenvalue weighted by atomic mass is 10.1. The summed E-state index contributed by atoms with van der Waals surface area (Å²) < 4.78 is 4.92. The van der Waals surface area contributed by atoms with Gasteiger partial charge >= 0.3 is 5.97 Å². The molecule has 4 heteroatoms. The van der Waals surface area contributed by atoms with E-state index in [0.29, 0.717) is 18.7 Å². The van der Waals surface area contributed by atoms with E-state index in [1.165, 1.54) is 0 Å². The summed E-state index contributed by atoms with van der Waals surface area (Å²) in [5.74, 6) is -0.336. The fourth-order valence-corrected chi connectivity index (χ4v) is 1.86. The average Bonchev–Trinajstić information content (AvgIpc) is 2.38. The van der Waals surface area contributed by atoms with E-state index in [1.807, 2.05) is 36.2 Å². The third kappa shape index (κ3) is 4.69. The number of esters is 1. The van der Waals surface area contributed by atoms with Gasteiger partial charge in [-0.3, -0.25) is 4.90 Å². The molecule has 0 aromatic heterocycles. The molecule has 0 spiro atoms. The van der Waals surface area contributed by atoms with Crippen LogP contribution in [0.1, 0.15) is 25.5 Å². The van der Waals surface area contributed by atoms with Crippen molar-refractivity contribution in [2.24, 2.45) is 0 Å². The number of halogens is 1. The third-order valence-electron chi connectivity index (χ3n) is 3.02. The molecule has 3 nitrogen and oxygen atoms in total. The Morgan fingerprint density at radius 2 is 2.00 bits per heavy atom. The summed E-state index contributed by atoms with van der Waals surface area (Å²) in [5.41, 5.74) is 1.61. The van der Waals surface area contributed by atoms with Crippen LogP contribution in [0, 0.1) is 0 Å². The Hall–Kier alpha value is -1.32. The number of benzene rings is 1. The lowest BCUT2D eigenvalue weighted by Crippen LogP contribution is -2.27. The standard InChI is InChI=1S/C15H20ClNO2/c1-5-19-15(18)11(2)10-17(4)12(3)13-6-8-14(16)9-7-13/h6-9,12H,2,5,10H2,1,3-4H3. The summed E-state index contributed by atoms with van der Waals surface area (Å²) in [6.07, 6.45) is 0. The molecule has 1 aromatic rings. The van der Waals surface area contributed by atoms with Crippen LogP contribution in [0.3, 0.4) is 0 Å². The zero-order chi connectivity index (χ0) is 14.4. The van der Waals surface area contributed by atoms with Gasteiger partial charge in [-0.15, -0.1) is 0 Å². The molecular weight excluding hydrogens is 262 g/mol. The Labute approximate surface area is 119 Å². The van der Waals surface area contributed by atoms with Gasteiger partial charge in [-0.25, -0.2) is 4.79 Å². The molecule has 0 radical (unpaired) electrons. The molecule has 0 amide bonds. The molecule has 0 N–H and O–H groups in total. The van der Waals surface area contributed by atoms with Crippen molar-refractivity contribution in [2.75, 3.05) is 20.2 Å². The highest BCUT2D eigenvalue weighted by Crippen LogP contribution is 2.21. The predicted octanol–water partition coefficient (Wildman–Crippen LogP) is 3.45. The molecule has 0 bridgehead atoms. The Kier molecular flexibility index (Phi) is 6.06. The molecule has 1 unspecified atom stereocenters. The van der Waals surface area contributed by atoms with Gasteiger partial charge in [-0.2, -0.15) is 0 Å². The van der Waals surface area contributed by atoms with Crippen LogP contribution in [0.2, 0.25) is 5.02 Å². The lowest BCUT2D eigenvalue weighted by molar-refractivity contribution is -0.138.